The maximum atomic E-state index is 5.81. The highest BCUT2D eigenvalue weighted by Crippen LogP contribution is 2.21. The van der Waals surface area contributed by atoms with E-state index in [1.54, 1.807) is 0 Å². The van der Waals surface area contributed by atoms with E-state index in [1.807, 2.05) is 0 Å². The first kappa shape index (κ1) is 12.9. The molecule has 1 aliphatic heterocycles. The molecule has 3 heteroatoms. The van der Waals surface area contributed by atoms with Gasteiger partial charge in [-0.05, 0) is 59.2 Å². The molecular formula is C12H27N3. The van der Waals surface area contributed by atoms with Crippen LogP contribution in [0.2, 0.25) is 0 Å². The molecule has 90 valence electrons. The van der Waals surface area contributed by atoms with E-state index in [9.17, 15) is 0 Å². The summed E-state index contributed by atoms with van der Waals surface area (Å²) < 4.78 is 0. The number of nitrogens with two attached hydrogens (primary N) is 1. The Bertz CT molecular complexity index is 170. The van der Waals surface area contributed by atoms with Crippen LogP contribution in [0, 0.1) is 5.92 Å². The van der Waals surface area contributed by atoms with E-state index in [2.05, 4.69) is 31.2 Å². The van der Waals surface area contributed by atoms with Crippen LogP contribution in [0.15, 0.2) is 0 Å². The average Bonchev–Trinajstić information content (AvgIpc) is 2.18. The second-order valence-electron chi connectivity index (χ2n) is 5.11. The molecular weight excluding hydrogens is 186 g/mol. The van der Waals surface area contributed by atoms with Gasteiger partial charge < -0.3 is 16.0 Å². The molecule has 0 aromatic carbocycles. The Morgan fingerprint density at radius 1 is 1.47 bits per heavy atom. The van der Waals surface area contributed by atoms with Gasteiger partial charge in [0.1, 0.15) is 0 Å². The van der Waals surface area contributed by atoms with Crippen LogP contribution < -0.4 is 11.1 Å². The van der Waals surface area contributed by atoms with Gasteiger partial charge in [0.25, 0.3) is 0 Å². The lowest BCUT2D eigenvalue weighted by Gasteiger charge is -2.35. The van der Waals surface area contributed by atoms with Crippen molar-refractivity contribution in [1.29, 1.82) is 0 Å². The number of nitrogens with zero attached hydrogens (tertiary/aromatic N) is 1. The largest absolute Gasteiger partial charge is 0.328 e. The summed E-state index contributed by atoms with van der Waals surface area (Å²) in [6.07, 6.45) is 5.06. The Hall–Kier alpha value is -0.120. The van der Waals surface area contributed by atoms with Crippen LogP contribution in [-0.4, -0.2) is 44.2 Å². The minimum absolute atomic E-state index is 0.335. The van der Waals surface area contributed by atoms with Crippen LogP contribution in [0.1, 0.15) is 32.6 Å². The minimum Gasteiger partial charge on any atom is -0.328 e. The number of piperidine rings is 1. The van der Waals surface area contributed by atoms with E-state index >= 15 is 0 Å². The van der Waals surface area contributed by atoms with E-state index in [0.29, 0.717) is 12.1 Å². The first-order chi connectivity index (χ1) is 7.13. The average molecular weight is 213 g/mol. The van der Waals surface area contributed by atoms with Gasteiger partial charge >= 0.3 is 0 Å². The van der Waals surface area contributed by atoms with E-state index in [1.165, 1.54) is 32.4 Å². The molecule has 3 nitrogen and oxygen atoms in total. The van der Waals surface area contributed by atoms with E-state index in [-0.39, 0.29) is 0 Å². The van der Waals surface area contributed by atoms with E-state index in [4.69, 9.17) is 5.73 Å². The lowest BCUT2D eigenvalue weighted by molar-refractivity contribution is 0.170. The molecule has 0 aromatic heterocycles. The number of hydrogen-bond donors (Lipinski definition) is 2. The van der Waals surface area contributed by atoms with E-state index < -0.39 is 0 Å². The summed E-state index contributed by atoms with van der Waals surface area (Å²) in [5.41, 5.74) is 5.81. The molecule has 0 bridgehead atoms. The van der Waals surface area contributed by atoms with Crippen molar-refractivity contribution in [3.63, 3.8) is 0 Å². The van der Waals surface area contributed by atoms with Crippen molar-refractivity contribution in [1.82, 2.24) is 10.2 Å². The molecule has 1 aliphatic rings. The van der Waals surface area contributed by atoms with Gasteiger partial charge in [-0.25, -0.2) is 0 Å². The number of likely N-dealkylation sites (tertiary alicyclic amines) is 1. The zero-order valence-corrected chi connectivity index (χ0v) is 10.5. The van der Waals surface area contributed by atoms with Gasteiger partial charge in [0.15, 0.2) is 0 Å². The zero-order valence-electron chi connectivity index (χ0n) is 10.5. The summed E-state index contributed by atoms with van der Waals surface area (Å²) in [5.74, 6) is 0.812. The topological polar surface area (TPSA) is 41.3 Å². The molecule has 1 rings (SSSR count). The molecule has 1 heterocycles. The van der Waals surface area contributed by atoms with Gasteiger partial charge in [-0.3, -0.25) is 0 Å². The second-order valence-corrected chi connectivity index (χ2v) is 5.11. The van der Waals surface area contributed by atoms with Crippen molar-refractivity contribution in [3.05, 3.63) is 0 Å². The predicted molar refractivity (Wildman–Crippen MR) is 66.0 cm³/mol. The Morgan fingerprint density at radius 3 is 2.73 bits per heavy atom. The van der Waals surface area contributed by atoms with Crippen molar-refractivity contribution >= 4 is 0 Å². The van der Waals surface area contributed by atoms with Crippen molar-refractivity contribution < 1.29 is 0 Å². The quantitative estimate of drug-likeness (QED) is 0.717. The molecule has 3 atom stereocenters. The van der Waals surface area contributed by atoms with Crippen molar-refractivity contribution in [2.24, 2.45) is 11.7 Å². The number of nitrogens with one attached hydrogen (secondary N) is 1. The zero-order chi connectivity index (χ0) is 11.3. The van der Waals surface area contributed by atoms with Crippen molar-refractivity contribution in [2.75, 3.05) is 27.2 Å². The van der Waals surface area contributed by atoms with Gasteiger partial charge in [-0.2, -0.15) is 0 Å². The van der Waals surface area contributed by atoms with Crippen LogP contribution >= 0.6 is 0 Å². The van der Waals surface area contributed by atoms with Crippen LogP contribution in [0.25, 0.3) is 0 Å². The summed E-state index contributed by atoms with van der Waals surface area (Å²) in [6.45, 7) is 4.60. The number of hydrogen-bond acceptors (Lipinski definition) is 3. The highest BCUT2D eigenvalue weighted by molar-refractivity contribution is 4.81. The monoisotopic (exact) mass is 213 g/mol. The minimum atomic E-state index is 0.335. The molecule has 1 saturated heterocycles. The van der Waals surface area contributed by atoms with Gasteiger partial charge in [0.2, 0.25) is 0 Å². The van der Waals surface area contributed by atoms with Gasteiger partial charge in [0, 0.05) is 18.6 Å². The van der Waals surface area contributed by atoms with Crippen LogP contribution in [-0.2, 0) is 0 Å². The molecule has 0 aromatic rings. The summed E-state index contributed by atoms with van der Waals surface area (Å²) in [6, 6.07) is 0.987. The molecule has 0 spiro atoms. The van der Waals surface area contributed by atoms with E-state index in [0.717, 1.165) is 12.3 Å². The Kier molecular flexibility index (Phi) is 5.58. The molecule has 0 amide bonds. The molecule has 0 saturated carbocycles. The standard InChI is InChI=1S/C12H27N3/c1-10(13)6-7-12(14-2)11-5-4-8-15(3)9-11/h10-12,14H,4-9,13H2,1-3H3. The maximum Gasteiger partial charge on any atom is 0.0105 e. The van der Waals surface area contributed by atoms with Crippen molar-refractivity contribution in [2.45, 2.75) is 44.7 Å². The second kappa shape index (κ2) is 6.46. The third kappa shape index (κ3) is 4.49. The smallest absolute Gasteiger partial charge is 0.0105 e. The molecule has 3 unspecified atom stereocenters. The Labute approximate surface area is 94.4 Å². The fraction of sp³-hybridized carbons (Fsp3) is 1.00. The Morgan fingerprint density at radius 2 is 2.20 bits per heavy atom. The van der Waals surface area contributed by atoms with Crippen LogP contribution in [0.5, 0.6) is 0 Å². The Balaban J connectivity index is 2.35. The summed E-state index contributed by atoms with van der Waals surface area (Å²) in [7, 11) is 4.31. The predicted octanol–water partition coefficient (Wildman–Crippen LogP) is 1.04. The molecule has 0 aliphatic carbocycles. The summed E-state index contributed by atoms with van der Waals surface area (Å²) >= 11 is 0. The lowest BCUT2D eigenvalue weighted by atomic mass is 9.87. The molecule has 0 radical (unpaired) electrons. The van der Waals surface area contributed by atoms with Crippen LogP contribution in [0.4, 0.5) is 0 Å². The van der Waals surface area contributed by atoms with Gasteiger partial charge in [-0.1, -0.05) is 0 Å². The maximum absolute atomic E-state index is 5.81. The SMILES string of the molecule is CNC(CCC(C)N)C1CCCN(C)C1. The van der Waals surface area contributed by atoms with Gasteiger partial charge in [0.05, 0.1) is 0 Å². The normalized spacial score (nSPS) is 27.6. The molecule has 1 fully saturated rings. The lowest BCUT2D eigenvalue weighted by Crippen LogP contribution is -2.43. The van der Waals surface area contributed by atoms with Crippen LogP contribution in [0.3, 0.4) is 0 Å². The highest BCUT2D eigenvalue weighted by atomic mass is 15.1. The third-order valence-corrected chi connectivity index (χ3v) is 3.53. The summed E-state index contributed by atoms with van der Waals surface area (Å²) in [5, 5.41) is 3.47. The number of rotatable bonds is 5. The summed E-state index contributed by atoms with van der Waals surface area (Å²) in [4.78, 5) is 2.45. The first-order valence-electron chi connectivity index (χ1n) is 6.25. The van der Waals surface area contributed by atoms with Crippen molar-refractivity contribution in [3.8, 4) is 0 Å². The molecule has 15 heavy (non-hydrogen) atoms. The highest BCUT2D eigenvalue weighted by Gasteiger charge is 2.24. The fourth-order valence-corrected chi connectivity index (χ4v) is 2.59. The third-order valence-electron chi connectivity index (χ3n) is 3.53. The first-order valence-corrected chi connectivity index (χ1v) is 6.25. The molecule has 3 N–H and O–H groups in total. The fourth-order valence-electron chi connectivity index (χ4n) is 2.59. The van der Waals surface area contributed by atoms with Gasteiger partial charge in [-0.15, -0.1) is 0 Å².